The van der Waals surface area contributed by atoms with E-state index >= 15 is 0 Å². The van der Waals surface area contributed by atoms with Crippen LogP contribution < -0.4 is 5.32 Å². The zero-order valence-corrected chi connectivity index (χ0v) is 8.23. The van der Waals surface area contributed by atoms with Crippen molar-refractivity contribution >= 4 is 0 Å². The van der Waals surface area contributed by atoms with E-state index in [4.69, 9.17) is 0 Å². The van der Waals surface area contributed by atoms with Gasteiger partial charge in [-0.15, -0.1) is 0 Å². The Morgan fingerprint density at radius 2 is 2.00 bits per heavy atom. The molecular formula is C10H11F3N2. The van der Waals surface area contributed by atoms with Crippen molar-refractivity contribution in [1.29, 1.82) is 0 Å². The fraction of sp³-hybridized carbons (Fsp3) is 0.500. The van der Waals surface area contributed by atoms with Crippen LogP contribution in [0.4, 0.5) is 13.2 Å². The van der Waals surface area contributed by atoms with Crippen LogP contribution in [0.5, 0.6) is 0 Å². The van der Waals surface area contributed by atoms with Crippen LogP contribution >= 0.6 is 0 Å². The molecule has 1 aromatic heterocycles. The van der Waals surface area contributed by atoms with E-state index in [2.05, 4.69) is 10.3 Å². The second kappa shape index (κ2) is 3.20. The van der Waals surface area contributed by atoms with Crippen molar-refractivity contribution < 1.29 is 13.2 Å². The first-order valence-corrected chi connectivity index (χ1v) is 4.72. The highest BCUT2D eigenvalue weighted by molar-refractivity contribution is 5.25. The van der Waals surface area contributed by atoms with Crippen molar-refractivity contribution in [3.63, 3.8) is 0 Å². The molecule has 0 aliphatic heterocycles. The van der Waals surface area contributed by atoms with Crippen molar-refractivity contribution in [3.05, 3.63) is 29.6 Å². The molecule has 0 bridgehead atoms. The van der Waals surface area contributed by atoms with E-state index in [1.807, 2.05) is 0 Å². The molecule has 0 radical (unpaired) electrons. The fourth-order valence-electron chi connectivity index (χ4n) is 1.62. The van der Waals surface area contributed by atoms with E-state index in [0.717, 1.165) is 18.9 Å². The molecule has 15 heavy (non-hydrogen) atoms. The molecule has 0 saturated heterocycles. The summed E-state index contributed by atoms with van der Waals surface area (Å²) >= 11 is 0. The Bertz CT molecular complexity index is 369. The number of rotatable bonds is 2. The van der Waals surface area contributed by atoms with Gasteiger partial charge in [-0.3, -0.25) is 0 Å². The number of hydrogen-bond acceptors (Lipinski definition) is 2. The van der Waals surface area contributed by atoms with E-state index in [1.165, 1.54) is 6.07 Å². The van der Waals surface area contributed by atoms with Gasteiger partial charge >= 0.3 is 6.18 Å². The van der Waals surface area contributed by atoms with Crippen LogP contribution in [-0.2, 0) is 11.7 Å². The number of halogens is 3. The fourth-order valence-corrected chi connectivity index (χ4v) is 1.62. The normalized spacial score (nSPS) is 18.9. The lowest BCUT2D eigenvalue weighted by Crippen LogP contribution is -2.26. The molecule has 2 rings (SSSR count). The van der Waals surface area contributed by atoms with E-state index in [1.54, 1.807) is 13.1 Å². The smallest absolute Gasteiger partial charge is 0.309 e. The molecule has 1 saturated carbocycles. The minimum absolute atomic E-state index is 0.318. The van der Waals surface area contributed by atoms with Crippen LogP contribution in [0.2, 0.25) is 0 Å². The Kier molecular flexibility index (Phi) is 2.22. The van der Waals surface area contributed by atoms with Gasteiger partial charge in [-0.2, -0.15) is 13.2 Å². The summed E-state index contributed by atoms with van der Waals surface area (Å²) in [6.07, 6.45) is -2.67. The molecular weight excluding hydrogens is 205 g/mol. The average molecular weight is 216 g/mol. The first-order valence-electron chi connectivity index (χ1n) is 4.72. The summed E-state index contributed by atoms with van der Waals surface area (Å²) in [5.41, 5.74) is -0.650. The Balaban J connectivity index is 2.35. The lowest BCUT2D eigenvalue weighted by molar-refractivity contribution is -0.141. The summed E-state index contributed by atoms with van der Waals surface area (Å²) < 4.78 is 37.2. The van der Waals surface area contributed by atoms with Crippen LogP contribution in [0.15, 0.2) is 18.2 Å². The predicted molar refractivity (Wildman–Crippen MR) is 49.2 cm³/mol. The minimum atomic E-state index is -4.36. The highest BCUT2D eigenvalue weighted by Gasteiger charge is 2.45. The molecule has 0 amide bonds. The number of nitrogens with zero attached hydrogens (tertiary/aromatic N) is 1. The zero-order chi connectivity index (χ0) is 11.1. The molecule has 1 N–H and O–H groups in total. The van der Waals surface area contributed by atoms with Crippen LogP contribution in [0.1, 0.15) is 24.2 Å². The Labute approximate surface area is 85.5 Å². The third-order valence-electron chi connectivity index (χ3n) is 2.76. The minimum Gasteiger partial charge on any atom is -0.309 e. The molecule has 1 aromatic rings. The molecule has 82 valence electrons. The Hall–Kier alpha value is -1.10. The molecule has 5 heteroatoms. The summed E-state index contributed by atoms with van der Waals surface area (Å²) in [6.45, 7) is 0. The van der Waals surface area contributed by atoms with Gasteiger partial charge in [0, 0.05) is 0 Å². The Morgan fingerprint density at radius 1 is 1.33 bits per heavy atom. The van der Waals surface area contributed by atoms with Gasteiger partial charge in [0.2, 0.25) is 0 Å². The lowest BCUT2D eigenvalue weighted by atomic mass is 10.1. The Morgan fingerprint density at radius 3 is 2.47 bits per heavy atom. The third kappa shape index (κ3) is 1.84. The van der Waals surface area contributed by atoms with Gasteiger partial charge in [0.05, 0.1) is 11.2 Å². The summed E-state index contributed by atoms with van der Waals surface area (Å²) in [5, 5.41) is 3.02. The van der Waals surface area contributed by atoms with Gasteiger partial charge in [-0.1, -0.05) is 6.07 Å². The molecule has 0 aromatic carbocycles. The van der Waals surface area contributed by atoms with Gasteiger partial charge in [0.1, 0.15) is 5.69 Å². The van der Waals surface area contributed by atoms with Gasteiger partial charge in [-0.25, -0.2) is 4.98 Å². The molecule has 0 spiro atoms. The number of pyridine rings is 1. The van der Waals surface area contributed by atoms with Crippen LogP contribution in [0.25, 0.3) is 0 Å². The zero-order valence-electron chi connectivity index (χ0n) is 8.23. The third-order valence-corrected chi connectivity index (χ3v) is 2.76. The highest BCUT2D eigenvalue weighted by Crippen LogP contribution is 2.44. The highest BCUT2D eigenvalue weighted by atomic mass is 19.4. The van der Waals surface area contributed by atoms with E-state index in [0.29, 0.717) is 5.69 Å². The van der Waals surface area contributed by atoms with Crippen molar-refractivity contribution in [2.45, 2.75) is 24.6 Å². The number of aromatic nitrogens is 1. The SMILES string of the molecule is CNC1(c2cccc(C(F)(F)F)n2)CC1. The first-order chi connectivity index (χ1) is 6.98. The molecule has 0 unspecified atom stereocenters. The largest absolute Gasteiger partial charge is 0.433 e. The second-order valence-corrected chi connectivity index (χ2v) is 3.74. The molecule has 0 atom stereocenters. The molecule has 1 aliphatic rings. The second-order valence-electron chi connectivity index (χ2n) is 3.74. The maximum Gasteiger partial charge on any atom is 0.433 e. The van der Waals surface area contributed by atoms with Gasteiger partial charge in [0.15, 0.2) is 0 Å². The standard InChI is InChI=1S/C10H11F3N2/c1-14-9(5-6-9)7-3-2-4-8(15-7)10(11,12)13/h2-4,14H,5-6H2,1H3. The summed E-state index contributed by atoms with van der Waals surface area (Å²) in [6, 6.07) is 4.04. The maximum absolute atomic E-state index is 12.4. The summed E-state index contributed by atoms with van der Waals surface area (Å²) in [7, 11) is 1.74. The monoisotopic (exact) mass is 216 g/mol. The maximum atomic E-state index is 12.4. The van der Waals surface area contributed by atoms with E-state index in [9.17, 15) is 13.2 Å². The molecule has 2 nitrogen and oxygen atoms in total. The van der Waals surface area contributed by atoms with Crippen molar-refractivity contribution in [1.82, 2.24) is 10.3 Å². The first kappa shape index (κ1) is 10.4. The van der Waals surface area contributed by atoms with Crippen LogP contribution in [0, 0.1) is 0 Å². The average Bonchev–Trinajstić information content (AvgIpc) is 2.97. The van der Waals surface area contributed by atoms with Crippen molar-refractivity contribution in [2.24, 2.45) is 0 Å². The van der Waals surface area contributed by atoms with Crippen molar-refractivity contribution in [2.75, 3.05) is 7.05 Å². The number of nitrogens with one attached hydrogen (secondary N) is 1. The quantitative estimate of drug-likeness (QED) is 0.820. The topological polar surface area (TPSA) is 24.9 Å². The number of hydrogen-bond donors (Lipinski definition) is 1. The molecule has 1 aliphatic carbocycles. The molecule has 1 fully saturated rings. The van der Waals surface area contributed by atoms with Crippen molar-refractivity contribution in [3.8, 4) is 0 Å². The number of alkyl halides is 3. The van der Waals surface area contributed by atoms with E-state index in [-0.39, 0.29) is 5.54 Å². The van der Waals surface area contributed by atoms with Gasteiger partial charge < -0.3 is 5.32 Å². The van der Waals surface area contributed by atoms with E-state index < -0.39 is 11.9 Å². The van der Waals surface area contributed by atoms with Gasteiger partial charge in [-0.05, 0) is 32.0 Å². The summed E-state index contributed by atoms with van der Waals surface area (Å²) in [5.74, 6) is 0. The van der Waals surface area contributed by atoms with Crippen LogP contribution in [-0.4, -0.2) is 12.0 Å². The van der Waals surface area contributed by atoms with Crippen LogP contribution in [0.3, 0.4) is 0 Å². The molecule has 1 heterocycles. The lowest BCUT2D eigenvalue weighted by Gasteiger charge is -2.15. The predicted octanol–water partition coefficient (Wildman–Crippen LogP) is 2.31. The summed E-state index contributed by atoms with van der Waals surface area (Å²) in [4.78, 5) is 3.66. The van der Waals surface area contributed by atoms with Gasteiger partial charge in [0.25, 0.3) is 0 Å².